The predicted molar refractivity (Wildman–Crippen MR) is 129 cm³/mol. The van der Waals surface area contributed by atoms with Crippen molar-refractivity contribution >= 4 is 28.3 Å². The molecule has 172 valence electrons. The van der Waals surface area contributed by atoms with Gasteiger partial charge in [0.2, 0.25) is 0 Å². The minimum absolute atomic E-state index is 0.0500. The van der Waals surface area contributed by atoms with Gasteiger partial charge in [-0.1, -0.05) is 48.0 Å². The smallest absolute Gasteiger partial charge is 0.356 e. The number of nitrogens with zero attached hydrogens (tertiary/aromatic N) is 1. The van der Waals surface area contributed by atoms with Crippen molar-refractivity contribution in [2.45, 2.75) is 20.0 Å². The zero-order valence-corrected chi connectivity index (χ0v) is 19.0. The number of fused-ring (bicyclic) bond motifs is 1. The number of carbonyl (C=O) groups excluding carboxylic acids is 2. The highest BCUT2D eigenvalue weighted by molar-refractivity contribution is 6.07. The fraction of sp³-hybridized carbons (Fsp3) is 0.148. The van der Waals surface area contributed by atoms with E-state index in [9.17, 15) is 18.8 Å². The van der Waals surface area contributed by atoms with Crippen molar-refractivity contribution in [3.8, 4) is 11.1 Å². The Hall–Kier alpha value is -4.26. The van der Waals surface area contributed by atoms with Gasteiger partial charge < -0.3 is 14.6 Å². The van der Waals surface area contributed by atoms with Crippen molar-refractivity contribution in [1.29, 1.82) is 0 Å². The number of rotatable bonds is 5. The van der Waals surface area contributed by atoms with Crippen LogP contribution in [0.25, 0.3) is 21.9 Å². The van der Waals surface area contributed by atoms with E-state index in [0.717, 1.165) is 11.1 Å². The standard InChI is InChI=1S/C27H23FN2O4/c1-16-8-10-18(11-9-16)23-21-6-4-5-7-22(21)26(32)30(3)24(23)27(33)34-17(2)25(31)29-20-14-12-19(28)13-15-20/h4-15,17H,1-3H3,(H,29,31). The van der Waals surface area contributed by atoms with Gasteiger partial charge in [0, 0.05) is 23.7 Å². The van der Waals surface area contributed by atoms with Crippen LogP contribution in [-0.2, 0) is 16.6 Å². The van der Waals surface area contributed by atoms with E-state index in [2.05, 4.69) is 5.32 Å². The fourth-order valence-corrected chi connectivity index (χ4v) is 3.76. The van der Waals surface area contributed by atoms with Gasteiger partial charge in [-0.05, 0) is 55.1 Å². The normalized spacial score (nSPS) is 11.8. The molecule has 1 heterocycles. The van der Waals surface area contributed by atoms with Gasteiger partial charge in [0.25, 0.3) is 11.5 Å². The van der Waals surface area contributed by atoms with Crippen LogP contribution >= 0.6 is 0 Å². The third-order valence-electron chi connectivity index (χ3n) is 5.60. The Labute approximate surface area is 195 Å². The monoisotopic (exact) mass is 458 g/mol. The molecule has 0 spiro atoms. The van der Waals surface area contributed by atoms with Gasteiger partial charge in [0.15, 0.2) is 6.10 Å². The second-order valence-corrected chi connectivity index (χ2v) is 8.04. The highest BCUT2D eigenvalue weighted by Gasteiger charge is 2.26. The molecular weight excluding hydrogens is 435 g/mol. The average molecular weight is 458 g/mol. The van der Waals surface area contributed by atoms with E-state index in [4.69, 9.17) is 4.74 Å². The van der Waals surface area contributed by atoms with Crippen molar-refractivity contribution in [1.82, 2.24) is 4.57 Å². The Kier molecular flexibility index (Phi) is 6.27. The number of hydrogen-bond donors (Lipinski definition) is 1. The highest BCUT2D eigenvalue weighted by Crippen LogP contribution is 2.31. The molecule has 0 saturated heterocycles. The second-order valence-electron chi connectivity index (χ2n) is 8.04. The molecule has 1 atom stereocenters. The molecule has 0 radical (unpaired) electrons. The molecule has 0 aliphatic heterocycles. The van der Waals surface area contributed by atoms with E-state index in [1.54, 1.807) is 24.3 Å². The van der Waals surface area contributed by atoms with Crippen LogP contribution in [0.4, 0.5) is 10.1 Å². The van der Waals surface area contributed by atoms with Gasteiger partial charge in [-0.25, -0.2) is 9.18 Å². The minimum Gasteiger partial charge on any atom is -0.448 e. The third kappa shape index (κ3) is 4.45. The van der Waals surface area contributed by atoms with Crippen LogP contribution in [0.5, 0.6) is 0 Å². The molecule has 1 amide bonds. The van der Waals surface area contributed by atoms with Crippen LogP contribution in [0.3, 0.4) is 0 Å². The van der Waals surface area contributed by atoms with Gasteiger partial charge in [0.05, 0.1) is 0 Å². The summed E-state index contributed by atoms with van der Waals surface area (Å²) in [6.45, 7) is 3.39. The van der Waals surface area contributed by atoms with Crippen molar-refractivity contribution in [3.05, 3.63) is 100 Å². The molecule has 0 saturated carbocycles. The van der Waals surface area contributed by atoms with Gasteiger partial charge in [-0.2, -0.15) is 0 Å². The first-order chi connectivity index (χ1) is 16.3. The molecule has 3 aromatic carbocycles. The number of pyridine rings is 1. The van der Waals surface area contributed by atoms with E-state index in [0.29, 0.717) is 22.0 Å². The fourth-order valence-electron chi connectivity index (χ4n) is 3.76. The molecule has 1 unspecified atom stereocenters. The summed E-state index contributed by atoms with van der Waals surface area (Å²) < 4.78 is 19.8. The van der Waals surface area contributed by atoms with E-state index >= 15 is 0 Å². The lowest BCUT2D eigenvalue weighted by Crippen LogP contribution is -2.32. The summed E-state index contributed by atoms with van der Waals surface area (Å²) in [5, 5.41) is 3.67. The number of nitrogens with one attached hydrogen (secondary N) is 1. The lowest BCUT2D eigenvalue weighted by atomic mass is 9.96. The zero-order valence-electron chi connectivity index (χ0n) is 19.0. The average Bonchev–Trinajstić information content (AvgIpc) is 2.83. The lowest BCUT2D eigenvalue weighted by molar-refractivity contribution is -0.123. The maximum absolute atomic E-state index is 13.3. The molecule has 6 nitrogen and oxygen atoms in total. The van der Waals surface area contributed by atoms with Crippen LogP contribution in [0.2, 0.25) is 0 Å². The number of aromatic nitrogens is 1. The maximum Gasteiger partial charge on any atom is 0.356 e. The molecule has 4 aromatic rings. The molecule has 1 N–H and O–H groups in total. The second kappa shape index (κ2) is 9.31. The third-order valence-corrected chi connectivity index (χ3v) is 5.60. The van der Waals surface area contributed by atoms with Crippen molar-refractivity contribution in [3.63, 3.8) is 0 Å². The summed E-state index contributed by atoms with van der Waals surface area (Å²) in [7, 11) is 1.51. The Morgan fingerprint density at radius 1 is 0.941 bits per heavy atom. The van der Waals surface area contributed by atoms with Crippen LogP contribution in [-0.4, -0.2) is 22.5 Å². The topological polar surface area (TPSA) is 77.4 Å². The summed E-state index contributed by atoms with van der Waals surface area (Å²) in [4.78, 5) is 38.9. The number of benzene rings is 3. The van der Waals surface area contributed by atoms with Gasteiger partial charge in [0.1, 0.15) is 11.5 Å². The van der Waals surface area contributed by atoms with E-state index < -0.39 is 23.8 Å². The predicted octanol–water partition coefficient (Wildman–Crippen LogP) is 4.84. The maximum atomic E-state index is 13.3. The Balaban J connectivity index is 1.73. The van der Waals surface area contributed by atoms with Crippen molar-refractivity contribution < 1.29 is 18.7 Å². The number of esters is 1. The van der Waals surface area contributed by atoms with E-state index in [-0.39, 0.29) is 11.3 Å². The lowest BCUT2D eigenvalue weighted by Gasteiger charge is -2.19. The summed E-state index contributed by atoms with van der Waals surface area (Å²) in [6.07, 6.45) is -1.16. The number of aryl methyl sites for hydroxylation is 1. The van der Waals surface area contributed by atoms with Crippen molar-refractivity contribution in [2.75, 3.05) is 5.32 Å². The van der Waals surface area contributed by atoms with Crippen molar-refractivity contribution in [2.24, 2.45) is 7.05 Å². The molecule has 4 rings (SSSR count). The molecule has 1 aromatic heterocycles. The summed E-state index contributed by atoms with van der Waals surface area (Å²) in [6, 6.07) is 19.9. The van der Waals surface area contributed by atoms with E-state index in [1.165, 1.54) is 42.8 Å². The minimum atomic E-state index is -1.16. The Bertz CT molecular complexity index is 1440. The zero-order chi connectivity index (χ0) is 24.4. The van der Waals surface area contributed by atoms with Crippen LogP contribution in [0.1, 0.15) is 23.0 Å². The first kappa shape index (κ1) is 22.9. The number of hydrogen-bond acceptors (Lipinski definition) is 4. The van der Waals surface area contributed by atoms with Crippen LogP contribution in [0, 0.1) is 12.7 Å². The Morgan fingerprint density at radius 3 is 2.21 bits per heavy atom. The number of carbonyl (C=O) groups is 2. The first-order valence-corrected chi connectivity index (χ1v) is 10.7. The molecule has 0 aliphatic rings. The molecular formula is C27H23FN2O4. The summed E-state index contributed by atoms with van der Waals surface area (Å²) >= 11 is 0. The summed E-state index contributed by atoms with van der Waals surface area (Å²) in [5.74, 6) is -1.82. The SMILES string of the molecule is Cc1ccc(-c2c(C(=O)OC(C)C(=O)Nc3ccc(F)cc3)n(C)c(=O)c3ccccc23)cc1. The highest BCUT2D eigenvalue weighted by atomic mass is 19.1. The van der Waals surface area contributed by atoms with Gasteiger partial charge in [-0.3, -0.25) is 9.59 Å². The number of halogens is 1. The number of amides is 1. The quantitative estimate of drug-likeness (QED) is 0.434. The number of ether oxygens (including phenoxy) is 1. The van der Waals surface area contributed by atoms with E-state index in [1.807, 2.05) is 31.2 Å². The van der Waals surface area contributed by atoms with Crippen LogP contribution in [0.15, 0.2) is 77.6 Å². The summed E-state index contributed by atoms with van der Waals surface area (Å²) in [5.41, 5.74) is 2.42. The Morgan fingerprint density at radius 2 is 1.56 bits per heavy atom. The largest absolute Gasteiger partial charge is 0.448 e. The van der Waals surface area contributed by atoms with Crippen LogP contribution < -0.4 is 10.9 Å². The first-order valence-electron chi connectivity index (χ1n) is 10.7. The molecule has 34 heavy (non-hydrogen) atoms. The molecule has 7 heteroatoms. The molecule has 0 aliphatic carbocycles. The van der Waals surface area contributed by atoms with Gasteiger partial charge in [-0.15, -0.1) is 0 Å². The molecule has 0 fully saturated rings. The van der Waals surface area contributed by atoms with Gasteiger partial charge >= 0.3 is 5.97 Å². The number of anilines is 1. The molecule has 0 bridgehead atoms.